The molecule has 1 heterocycles. The molecule has 7 heteroatoms. The van der Waals surface area contributed by atoms with Gasteiger partial charge in [0.1, 0.15) is 29.8 Å². The van der Waals surface area contributed by atoms with E-state index in [0.717, 1.165) is 34.2 Å². The molecule has 0 aliphatic heterocycles. The summed E-state index contributed by atoms with van der Waals surface area (Å²) in [6.07, 6.45) is 0. The van der Waals surface area contributed by atoms with Crippen LogP contribution in [-0.4, -0.2) is 11.1 Å². The topological polar surface area (TPSA) is 64.4 Å². The Hall–Kier alpha value is -3.74. The number of aromatic nitrogens is 1. The van der Waals surface area contributed by atoms with Crippen LogP contribution in [0.2, 0.25) is 0 Å². The van der Waals surface area contributed by atoms with Crippen molar-refractivity contribution >= 4 is 16.7 Å². The number of ether oxygens (including phenoxy) is 1. The van der Waals surface area contributed by atoms with Gasteiger partial charge in [0.2, 0.25) is 0 Å². The van der Waals surface area contributed by atoms with Crippen molar-refractivity contribution in [1.29, 1.82) is 0 Å². The fraction of sp³-hybridized carbons (Fsp3) is 0.200. The first-order valence-corrected chi connectivity index (χ1v) is 10.2. The summed E-state index contributed by atoms with van der Waals surface area (Å²) in [5.74, 6) is -0.788. The second-order valence-corrected chi connectivity index (χ2v) is 7.65. The summed E-state index contributed by atoms with van der Waals surface area (Å²) in [7, 11) is 0. The Bertz CT molecular complexity index is 1280. The highest BCUT2D eigenvalue weighted by molar-refractivity contribution is 6.01. The maximum atomic E-state index is 14.2. The number of halogens is 2. The van der Waals surface area contributed by atoms with Crippen molar-refractivity contribution in [2.45, 2.75) is 33.4 Å². The predicted octanol–water partition coefficient (Wildman–Crippen LogP) is 5.79. The molecule has 1 unspecified atom stereocenters. The normalized spacial score (nSPS) is 12.0. The number of carbonyl (C=O) groups is 1. The van der Waals surface area contributed by atoms with Gasteiger partial charge in [-0.1, -0.05) is 35.5 Å². The summed E-state index contributed by atoms with van der Waals surface area (Å²) in [5, 5.41) is 8.48. The third kappa shape index (κ3) is 4.32. The highest BCUT2D eigenvalue weighted by atomic mass is 19.1. The number of nitrogens with zero attached hydrogens (tertiary/aromatic N) is 1. The van der Waals surface area contributed by atoms with E-state index in [1.54, 1.807) is 26.0 Å². The van der Waals surface area contributed by atoms with E-state index >= 15 is 0 Å². The zero-order valence-electron chi connectivity index (χ0n) is 17.9. The Morgan fingerprint density at radius 3 is 2.47 bits per heavy atom. The third-order valence-electron chi connectivity index (χ3n) is 5.42. The molecule has 164 valence electrons. The van der Waals surface area contributed by atoms with Crippen LogP contribution in [0.1, 0.15) is 45.9 Å². The van der Waals surface area contributed by atoms with E-state index in [2.05, 4.69) is 10.5 Å². The molecule has 1 amide bonds. The maximum Gasteiger partial charge on any atom is 0.255 e. The number of hydrogen-bond acceptors (Lipinski definition) is 4. The number of aryl methyl sites for hydroxylation is 2. The van der Waals surface area contributed by atoms with Gasteiger partial charge in [-0.05, 0) is 49.7 Å². The van der Waals surface area contributed by atoms with Crippen molar-refractivity contribution in [3.8, 4) is 5.75 Å². The molecule has 32 heavy (non-hydrogen) atoms. The highest BCUT2D eigenvalue weighted by Gasteiger charge is 2.20. The number of fused-ring (bicyclic) bond motifs is 1. The van der Waals surface area contributed by atoms with Crippen LogP contribution in [0, 0.1) is 25.5 Å². The molecule has 0 fully saturated rings. The molecule has 1 atom stereocenters. The summed E-state index contributed by atoms with van der Waals surface area (Å²) >= 11 is 0. The average Bonchev–Trinajstić information content (AvgIpc) is 3.08. The van der Waals surface area contributed by atoms with Crippen LogP contribution in [0.3, 0.4) is 0 Å². The quantitative estimate of drug-likeness (QED) is 0.415. The molecule has 1 aromatic heterocycles. The van der Waals surface area contributed by atoms with Gasteiger partial charge in [-0.3, -0.25) is 4.79 Å². The Labute approximate surface area is 184 Å². The van der Waals surface area contributed by atoms with Crippen LogP contribution < -0.4 is 10.1 Å². The van der Waals surface area contributed by atoms with Crippen LogP contribution in [0.4, 0.5) is 8.78 Å². The summed E-state index contributed by atoms with van der Waals surface area (Å²) in [6, 6.07) is 13.7. The zero-order chi connectivity index (χ0) is 22.8. The molecule has 0 aliphatic carbocycles. The number of nitrogens with one attached hydrogen (secondary N) is 1. The molecule has 3 aromatic carbocycles. The fourth-order valence-electron chi connectivity index (χ4n) is 3.58. The summed E-state index contributed by atoms with van der Waals surface area (Å²) in [4.78, 5) is 13.1. The van der Waals surface area contributed by atoms with Crippen LogP contribution in [0.5, 0.6) is 5.75 Å². The Morgan fingerprint density at radius 1 is 1.09 bits per heavy atom. The standard InChI is InChI=1S/C25H22F2N2O3/c1-14(20-9-8-19(26)12-23(20)27)28-25(30)21-10-17-6-4-5-7-18(17)11-24(21)31-13-22-15(2)29-32-16(22)3/h4-12,14H,13H2,1-3H3,(H,28,30). The second-order valence-electron chi connectivity index (χ2n) is 7.65. The Morgan fingerprint density at radius 2 is 1.81 bits per heavy atom. The lowest BCUT2D eigenvalue weighted by Crippen LogP contribution is -2.27. The summed E-state index contributed by atoms with van der Waals surface area (Å²) in [5.41, 5.74) is 2.03. The first-order chi connectivity index (χ1) is 15.3. The molecule has 0 saturated heterocycles. The van der Waals surface area contributed by atoms with E-state index in [1.165, 1.54) is 6.07 Å². The van der Waals surface area contributed by atoms with Crippen molar-refractivity contribution in [2.24, 2.45) is 0 Å². The van der Waals surface area contributed by atoms with Gasteiger partial charge >= 0.3 is 0 Å². The van der Waals surface area contributed by atoms with Crippen molar-refractivity contribution in [3.05, 3.63) is 94.4 Å². The maximum absolute atomic E-state index is 14.2. The van der Waals surface area contributed by atoms with Gasteiger partial charge in [0.15, 0.2) is 0 Å². The average molecular weight is 436 g/mol. The molecule has 0 spiro atoms. The molecule has 4 rings (SSSR count). The van der Waals surface area contributed by atoms with Crippen LogP contribution in [-0.2, 0) is 6.61 Å². The SMILES string of the molecule is Cc1noc(C)c1COc1cc2ccccc2cc1C(=O)NC(C)c1ccc(F)cc1F. The second kappa shape index (κ2) is 8.78. The van der Waals surface area contributed by atoms with Gasteiger partial charge in [-0.15, -0.1) is 0 Å². The van der Waals surface area contributed by atoms with Crippen molar-refractivity contribution in [3.63, 3.8) is 0 Å². The number of benzene rings is 3. The van der Waals surface area contributed by atoms with Gasteiger partial charge < -0.3 is 14.6 Å². The van der Waals surface area contributed by atoms with Crippen LogP contribution >= 0.6 is 0 Å². The molecule has 4 aromatic rings. The predicted molar refractivity (Wildman–Crippen MR) is 116 cm³/mol. The number of hydrogen-bond donors (Lipinski definition) is 1. The molecular formula is C25H22F2N2O3. The van der Waals surface area contributed by atoms with E-state index in [1.807, 2.05) is 31.2 Å². The number of rotatable bonds is 6. The van der Waals surface area contributed by atoms with E-state index in [9.17, 15) is 13.6 Å². The third-order valence-corrected chi connectivity index (χ3v) is 5.42. The summed E-state index contributed by atoms with van der Waals surface area (Å²) in [6.45, 7) is 5.44. The Balaban J connectivity index is 1.65. The minimum absolute atomic E-state index is 0.182. The molecule has 0 aliphatic rings. The molecule has 5 nitrogen and oxygen atoms in total. The van der Waals surface area contributed by atoms with Gasteiger partial charge in [-0.25, -0.2) is 8.78 Å². The van der Waals surface area contributed by atoms with E-state index in [-0.39, 0.29) is 12.2 Å². The molecule has 0 bridgehead atoms. The first-order valence-electron chi connectivity index (χ1n) is 10.2. The first kappa shape index (κ1) is 21.5. The van der Waals surface area contributed by atoms with Gasteiger partial charge in [0.05, 0.1) is 22.9 Å². The van der Waals surface area contributed by atoms with E-state index in [4.69, 9.17) is 9.26 Å². The lowest BCUT2D eigenvalue weighted by atomic mass is 10.0. The molecular weight excluding hydrogens is 414 g/mol. The molecule has 0 radical (unpaired) electrons. The van der Waals surface area contributed by atoms with E-state index in [0.29, 0.717) is 17.1 Å². The van der Waals surface area contributed by atoms with Crippen molar-refractivity contribution in [2.75, 3.05) is 0 Å². The zero-order valence-corrected chi connectivity index (χ0v) is 17.9. The van der Waals surface area contributed by atoms with Gasteiger partial charge in [0.25, 0.3) is 5.91 Å². The smallest absolute Gasteiger partial charge is 0.255 e. The van der Waals surface area contributed by atoms with Gasteiger partial charge in [-0.2, -0.15) is 0 Å². The van der Waals surface area contributed by atoms with Gasteiger partial charge in [0, 0.05) is 11.6 Å². The fourth-order valence-corrected chi connectivity index (χ4v) is 3.58. The van der Waals surface area contributed by atoms with Crippen molar-refractivity contribution < 1.29 is 22.8 Å². The minimum Gasteiger partial charge on any atom is -0.488 e. The Kier molecular flexibility index (Phi) is 5.90. The minimum atomic E-state index is -0.716. The van der Waals surface area contributed by atoms with E-state index < -0.39 is 23.6 Å². The van der Waals surface area contributed by atoms with Crippen LogP contribution in [0.15, 0.2) is 59.1 Å². The van der Waals surface area contributed by atoms with Crippen molar-refractivity contribution in [1.82, 2.24) is 10.5 Å². The largest absolute Gasteiger partial charge is 0.488 e. The molecule has 1 N–H and O–H groups in total. The lowest BCUT2D eigenvalue weighted by Gasteiger charge is -2.18. The lowest BCUT2D eigenvalue weighted by molar-refractivity contribution is 0.0935. The van der Waals surface area contributed by atoms with Crippen LogP contribution in [0.25, 0.3) is 10.8 Å². The number of amides is 1. The number of carbonyl (C=O) groups excluding carboxylic acids is 1. The highest BCUT2D eigenvalue weighted by Crippen LogP contribution is 2.29. The monoisotopic (exact) mass is 436 g/mol. The molecule has 0 saturated carbocycles. The summed E-state index contributed by atoms with van der Waals surface area (Å²) < 4.78 is 38.6.